The summed E-state index contributed by atoms with van der Waals surface area (Å²) in [7, 11) is 1.40. The fourth-order valence-electron chi connectivity index (χ4n) is 1.95. The predicted octanol–water partition coefficient (Wildman–Crippen LogP) is 2.74. The van der Waals surface area contributed by atoms with Crippen LogP contribution in [-0.2, 0) is 9.47 Å². The Morgan fingerprint density at radius 3 is 3.00 bits per heavy atom. The van der Waals surface area contributed by atoms with Crippen molar-refractivity contribution >= 4 is 21.9 Å². The van der Waals surface area contributed by atoms with E-state index in [2.05, 4.69) is 15.9 Å². The maximum absolute atomic E-state index is 11.7. The lowest BCUT2D eigenvalue weighted by molar-refractivity contribution is 0.0598. The van der Waals surface area contributed by atoms with E-state index in [1.165, 1.54) is 7.11 Å². The van der Waals surface area contributed by atoms with Crippen LogP contribution in [0.2, 0.25) is 0 Å². The van der Waals surface area contributed by atoms with Crippen LogP contribution in [0.25, 0.3) is 0 Å². The van der Waals surface area contributed by atoms with E-state index in [9.17, 15) is 4.79 Å². The van der Waals surface area contributed by atoms with Crippen molar-refractivity contribution in [3.8, 4) is 0 Å². The maximum atomic E-state index is 11.7. The molecule has 0 aromatic heterocycles. The van der Waals surface area contributed by atoms with Gasteiger partial charge in [-0.15, -0.1) is 0 Å². The summed E-state index contributed by atoms with van der Waals surface area (Å²) >= 11 is 3.36. The van der Waals surface area contributed by atoms with Gasteiger partial charge in [0, 0.05) is 17.0 Å². The Morgan fingerprint density at radius 2 is 2.38 bits per heavy atom. The van der Waals surface area contributed by atoms with Crippen LogP contribution in [0.5, 0.6) is 0 Å². The van der Waals surface area contributed by atoms with Crippen LogP contribution in [0, 0.1) is 0 Å². The molecule has 0 bridgehead atoms. The summed E-state index contributed by atoms with van der Waals surface area (Å²) in [4.78, 5) is 11.7. The smallest absolute Gasteiger partial charge is 0.338 e. The third-order valence-corrected chi connectivity index (χ3v) is 3.28. The Hall–Kier alpha value is -0.870. The Morgan fingerprint density at radius 1 is 1.56 bits per heavy atom. The minimum atomic E-state index is -0.289. The molecule has 0 spiro atoms. The van der Waals surface area contributed by atoms with E-state index >= 15 is 0 Å². The number of halogens is 1. The van der Waals surface area contributed by atoms with Crippen molar-refractivity contribution < 1.29 is 14.3 Å². The standard InChI is InChI=1S/C12H13BrO3/c1-15-12(14)11-6-9(13)2-3-10(11)8-4-5-16-7-8/h2-3,6,8H,4-5,7H2,1H3. The Labute approximate surface area is 103 Å². The monoisotopic (exact) mass is 284 g/mol. The zero-order valence-electron chi connectivity index (χ0n) is 9.03. The third kappa shape index (κ3) is 2.28. The van der Waals surface area contributed by atoms with Crippen molar-refractivity contribution in [3.63, 3.8) is 0 Å². The molecule has 1 aromatic carbocycles. The molecule has 2 rings (SSSR count). The number of esters is 1. The molecule has 0 radical (unpaired) electrons. The van der Waals surface area contributed by atoms with E-state index in [0.29, 0.717) is 18.1 Å². The minimum absolute atomic E-state index is 0.289. The number of benzene rings is 1. The molecule has 0 saturated carbocycles. The third-order valence-electron chi connectivity index (χ3n) is 2.79. The van der Waals surface area contributed by atoms with Crippen molar-refractivity contribution in [2.75, 3.05) is 20.3 Å². The van der Waals surface area contributed by atoms with E-state index in [0.717, 1.165) is 23.1 Å². The fraction of sp³-hybridized carbons (Fsp3) is 0.417. The molecule has 1 fully saturated rings. The minimum Gasteiger partial charge on any atom is -0.465 e. The van der Waals surface area contributed by atoms with Crippen LogP contribution in [0.4, 0.5) is 0 Å². The van der Waals surface area contributed by atoms with Gasteiger partial charge in [0.2, 0.25) is 0 Å². The van der Waals surface area contributed by atoms with Gasteiger partial charge in [-0.25, -0.2) is 4.79 Å². The normalized spacial score (nSPS) is 19.8. The molecule has 1 heterocycles. The van der Waals surface area contributed by atoms with E-state index in [1.807, 2.05) is 12.1 Å². The first-order chi connectivity index (χ1) is 7.72. The number of carbonyl (C=O) groups is 1. The number of rotatable bonds is 2. The van der Waals surface area contributed by atoms with Crippen molar-refractivity contribution in [2.24, 2.45) is 0 Å². The van der Waals surface area contributed by atoms with Crippen LogP contribution in [-0.4, -0.2) is 26.3 Å². The first-order valence-corrected chi connectivity index (χ1v) is 5.97. The first-order valence-electron chi connectivity index (χ1n) is 5.18. The van der Waals surface area contributed by atoms with Gasteiger partial charge in [0.15, 0.2) is 0 Å². The van der Waals surface area contributed by atoms with Gasteiger partial charge in [-0.1, -0.05) is 22.0 Å². The summed E-state index contributed by atoms with van der Waals surface area (Å²) < 4.78 is 11.0. The van der Waals surface area contributed by atoms with Gasteiger partial charge in [0.25, 0.3) is 0 Å². The molecule has 1 unspecified atom stereocenters. The van der Waals surface area contributed by atoms with Crippen molar-refractivity contribution in [1.82, 2.24) is 0 Å². The highest BCUT2D eigenvalue weighted by Crippen LogP contribution is 2.30. The highest BCUT2D eigenvalue weighted by Gasteiger charge is 2.23. The van der Waals surface area contributed by atoms with Gasteiger partial charge in [0.05, 0.1) is 19.3 Å². The van der Waals surface area contributed by atoms with E-state index < -0.39 is 0 Å². The lowest BCUT2D eigenvalue weighted by Crippen LogP contribution is -2.09. The van der Waals surface area contributed by atoms with Crippen LogP contribution in [0.1, 0.15) is 28.3 Å². The van der Waals surface area contributed by atoms with Crippen LogP contribution in [0.15, 0.2) is 22.7 Å². The zero-order chi connectivity index (χ0) is 11.5. The van der Waals surface area contributed by atoms with Crippen LogP contribution >= 0.6 is 15.9 Å². The van der Waals surface area contributed by atoms with Gasteiger partial charge >= 0.3 is 5.97 Å². The molecule has 0 aliphatic carbocycles. The predicted molar refractivity (Wildman–Crippen MR) is 63.7 cm³/mol. The molecule has 4 heteroatoms. The van der Waals surface area contributed by atoms with Crippen molar-refractivity contribution in [2.45, 2.75) is 12.3 Å². The second kappa shape index (κ2) is 4.97. The average molecular weight is 285 g/mol. The topological polar surface area (TPSA) is 35.5 Å². The number of hydrogen-bond acceptors (Lipinski definition) is 3. The molecule has 1 saturated heterocycles. The number of hydrogen-bond donors (Lipinski definition) is 0. The average Bonchev–Trinajstić information content (AvgIpc) is 2.81. The van der Waals surface area contributed by atoms with Gasteiger partial charge in [-0.2, -0.15) is 0 Å². The molecule has 1 aliphatic heterocycles. The molecule has 0 amide bonds. The van der Waals surface area contributed by atoms with Crippen LogP contribution in [0.3, 0.4) is 0 Å². The molecular weight excluding hydrogens is 272 g/mol. The van der Waals surface area contributed by atoms with Gasteiger partial charge in [-0.3, -0.25) is 0 Å². The molecule has 16 heavy (non-hydrogen) atoms. The lowest BCUT2D eigenvalue weighted by atomic mass is 9.94. The van der Waals surface area contributed by atoms with Gasteiger partial charge in [-0.05, 0) is 24.1 Å². The Kier molecular flexibility index (Phi) is 3.61. The summed E-state index contributed by atoms with van der Waals surface area (Å²) in [6.07, 6.45) is 0.964. The Balaban J connectivity index is 2.38. The fourth-order valence-corrected chi connectivity index (χ4v) is 2.31. The van der Waals surface area contributed by atoms with E-state index in [-0.39, 0.29) is 5.97 Å². The lowest BCUT2D eigenvalue weighted by Gasteiger charge is -2.13. The van der Waals surface area contributed by atoms with E-state index in [1.54, 1.807) is 6.07 Å². The molecule has 3 nitrogen and oxygen atoms in total. The first kappa shape index (κ1) is 11.6. The molecule has 86 valence electrons. The van der Waals surface area contributed by atoms with Gasteiger partial charge < -0.3 is 9.47 Å². The molecular formula is C12H13BrO3. The van der Waals surface area contributed by atoms with Crippen molar-refractivity contribution in [1.29, 1.82) is 0 Å². The largest absolute Gasteiger partial charge is 0.465 e. The summed E-state index contributed by atoms with van der Waals surface area (Å²) in [5, 5.41) is 0. The summed E-state index contributed by atoms with van der Waals surface area (Å²) in [5.41, 5.74) is 1.65. The number of carbonyl (C=O) groups excluding carboxylic acids is 1. The maximum Gasteiger partial charge on any atom is 0.338 e. The summed E-state index contributed by atoms with van der Waals surface area (Å²) in [6, 6.07) is 5.72. The Bertz CT molecular complexity index is 397. The molecule has 0 N–H and O–H groups in total. The molecule has 1 aliphatic rings. The quantitative estimate of drug-likeness (QED) is 0.784. The highest BCUT2D eigenvalue weighted by molar-refractivity contribution is 9.10. The number of methoxy groups -OCH3 is 1. The van der Waals surface area contributed by atoms with Gasteiger partial charge in [0.1, 0.15) is 0 Å². The molecule has 1 atom stereocenters. The van der Waals surface area contributed by atoms with Crippen LogP contribution < -0.4 is 0 Å². The summed E-state index contributed by atoms with van der Waals surface area (Å²) in [5.74, 6) is 0.0189. The SMILES string of the molecule is COC(=O)c1cc(Br)ccc1C1CCOC1. The highest BCUT2D eigenvalue weighted by atomic mass is 79.9. The second-order valence-corrected chi connectivity index (χ2v) is 4.70. The van der Waals surface area contributed by atoms with E-state index in [4.69, 9.17) is 9.47 Å². The summed E-state index contributed by atoms with van der Waals surface area (Å²) in [6.45, 7) is 1.45. The van der Waals surface area contributed by atoms with Crippen molar-refractivity contribution in [3.05, 3.63) is 33.8 Å². The zero-order valence-corrected chi connectivity index (χ0v) is 10.6. The second-order valence-electron chi connectivity index (χ2n) is 3.78. The number of ether oxygens (including phenoxy) is 2. The molecule has 1 aromatic rings.